The molecular weight excluding hydrogens is 388 g/mol. The second-order valence-corrected chi connectivity index (χ2v) is 7.10. The molecule has 2 aromatic rings. The Kier molecular flexibility index (Phi) is 6.83. The van der Waals surface area contributed by atoms with Crippen molar-refractivity contribution >= 4 is 27.6 Å². The molecule has 0 aliphatic heterocycles. The molecule has 0 saturated carbocycles. The van der Waals surface area contributed by atoms with Crippen LogP contribution < -0.4 is 19.5 Å². The van der Waals surface area contributed by atoms with Crippen molar-refractivity contribution in [3.8, 4) is 11.5 Å². The van der Waals surface area contributed by atoms with Crippen LogP contribution in [0.1, 0.15) is 10.4 Å². The number of esters is 1. The fourth-order valence-electron chi connectivity index (χ4n) is 2.22. The van der Waals surface area contributed by atoms with E-state index in [2.05, 4.69) is 10.0 Å². The summed E-state index contributed by atoms with van der Waals surface area (Å²) in [6, 6.07) is 10.0. The van der Waals surface area contributed by atoms with Gasteiger partial charge >= 0.3 is 5.97 Å². The minimum atomic E-state index is -4.04. The van der Waals surface area contributed by atoms with Crippen molar-refractivity contribution in [3.05, 3.63) is 48.0 Å². The lowest BCUT2D eigenvalue weighted by molar-refractivity contribution is -0.123. The number of rotatable bonds is 8. The molecule has 0 aliphatic rings. The van der Waals surface area contributed by atoms with Crippen LogP contribution in [0.3, 0.4) is 0 Å². The highest BCUT2D eigenvalue weighted by Gasteiger charge is 2.21. The number of sulfonamides is 1. The number of nitrogens with one attached hydrogen (secondary N) is 2. The zero-order valence-electron chi connectivity index (χ0n) is 15.5. The lowest BCUT2D eigenvalue weighted by Crippen LogP contribution is -2.25. The number of methoxy groups -OCH3 is 2. The Morgan fingerprint density at radius 3 is 2.32 bits per heavy atom. The molecule has 0 saturated heterocycles. The Morgan fingerprint density at radius 1 is 1.00 bits per heavy atom. The van der Waals surface area contributed by atoms with Crippen LogP contribution >= 0.6 is 0 Å². The molecule has 0 unspecified atom stereocenters. The Bertz CT molecular complexity index is 974. The molecule has 2 rings (SSSR count). The van der Waals surface area contributed by atoms with E-state index in [0.717, 1.165) is 0 Å². The fraction of sp³-hybridized carbons (Fsp3) is 0.222. The van der Waals surface area contributed by atoms with Gasteiger partial charge in [0.05, 0.1) is 30.4 Å². The van der Waals surface area contributed by atoms with E-state index in [-0.39, 0.29) is 21.9 Å². The van der Waals surface area contributed by atoms with Gasteiger partial charge in [-0.05, 0) is 24.3 Å². The van der Waals surface area contributed by atoms with Crippen LogP contribution in [0.4, 0.5) is 5.69 Å². The maximum absolute atomic E-state index is 12.7. The summed E-state index contributed by atoms with van der Waals surface area (Å²) < 4.78 is 42.9. The summed E-state index contributed by atoms with van der Waals surface area (Å²) in [6.45, 7) is -0.480. The number of para-hydroxylation sites is 1. The first-order chi connectivity index (χ1) is 13.3. The number of amides is 1. The lowest BCUT2D eigenvalue weighted by Gasteiger charge is -2.14. The average Bonchev–Trinajstić information content (AvgIpc) is 2.71. The van der Waals surface area contributed by atoms with Crippen molar-refractivity contribution in [2.24, 2.45) is 0 Å². The summed E-state index contributed by atoms with van der Waals surface area (Å²) >= 11 is 0. The molecule has 0 aliphatic carbocycles. The van der Waals surface area contributed by atoms with E-state index >= 15 is 0 Å². The maximum atomic E-state index is 12.7. The minimum Gasteiger partial charge on any atom is -0.493 e. The highest BCUT2D eigenvalue weighted by atomic mass is 32.2. The zero-order valence-corrected chi connectivity index (χ0v) is 16.3. The summed E-state index contributed by atoms with van der Waals surface area (Å²) in [5, 5.41) is 2.32. The molecule has 0 bridgehead atoms. The van der Waals surface area contributed by atoms with E-state index in [1.807, 2.05) is 0 Å². The number of likely N-dealkylation sites (N-methyl/N-ethyl adjacent to an activating group) is 1. The third kappa shape index (κ3) is 4.92. The van der Waals surface area contributed by atoms with Gasteiger partial charge in [-0.1, -0.05) is 12.1 Å². The van der Waals surface area contributed by atoms with Gasteiger partial charge in [0.1, 0.15) is 0 Å². The molecule has 2 N–H and O–H groups in total. The second-order valence-electron chi connectivity index (χ2n) is 5.42. The molecule has 0 fully saturated rings. The summed E-state index contributed by atoms with van der Waals surface area (Å²) in [4.78, 5) is 23.4. The monoisotopic (exact) mass is 408 g/mol. The molecule has 10 heteroatoms. The number of hydrogen-bond acceptors (Lipinski definition) is 7. The van der Waals surface area contributed by atoms with Gasteiger partial charge in [-0.3, -0.25) is 9.52 Å². The molecule has 2 aromatic carbocycles. The van der Waals surface area contributed by atoms with Crippen LogP contribution in [0.5, 0.6) is 11.5 Å². The third-order valence-electron chi connectivity index (χ3n) is 3.67. The van der Waals surface area contributed by atoms with E-state index in [0.29, 0.717) is 5.75 Å². The Hall–Kier alpha value is -3.27. The van der Waals surface area contributed by atoms with Gasteiger partial charge < -0.3 is 19.5 Å². The van der Waals surface area contributed by atoms with Gasteiger partial charge in [0.25, 0.3) is 15.9 Å². The van der Waals surface area contributed by atoms with Gasteiger partial charge in [-0.15, -0.1) is 0 Å². The number of anilines is 1. The number of carbonyl (C=O) groups excluding carboxylic acids is 2. The molecule has 150 valence electrons. The first kappa shape index (κ1) is 21.0. The van der Waals surface area contributed by atoms with E-state index in [1.54, 1.807) is 12.1 Å². The fourth-order valence-corrected chi connectivity index (χ4v) is 3.31. The van der Waals surface area contributed by atoms with Crippen molar-refractivity contribution < 1.29 is 32.2 Å². The number of carbonyl (C=O) groups is 2. The van der Waals surface area contributed by atoms with E-state index in [1.165, 1.54) is 51.6 Å². The summed E-state index contributed by atoms with van der Waals surface area (Å²) in [6.07, 6.45) is 0. The van der Waals surface area contributed by atoms with Crippen molar-refractivity contribution in [1.29, 1.82) is 0 Å². The first-order valence-corrected chi connectivity index (χ1v) is 9.52. The predicted molar refractivity (Wildman–Crippen MR) is 101 cm³/mol. The third-order valence-corrected chi connectivity index (χ3v) is 5.03. The number of ether oxygens (including phenoxy) is 3. The average molecular weight is 408 g/mol. The summed E-state index contributed by atoms with van der Waals surface area (Å²) in [7, 11) is 0.192. The van der Waals surface area contributed by atoms with Gasteiger partial charge in [0.15, 0.2) is 18.1 Å². The maximum Gasteiger partial charge on any atom is 0.340 e. The van der Waals surface area contributed by atoms with Gasteiger partial charge in [0, 0.05) is 13.1 Å². The molecule has 0 atom stereocenters. The van der Waals surface area contributed by atoms with Gasteiger partial charge in [-0.2, -0.15) is 0 Å². The van der Waals surface area contributed by atoms with Crippen LogP contribution in [-0.4, -0.2) is 48.2 Å². The van der Waals surface area contributed by atoms with Gasteiger partial charge in [-0.25, -0.2) is 13.2 Å². The van der Waals surface area contributed by atoms with Crippen molar-refractivity contribution in [3.63, 3.8) is 0 Å². The van der Waals surface area contributed by atoms with Gasteiger partial charge in [0.2, 0.25) is 0 Å². The Labute approximate surface area is 162 Å². The topological polar surface area (TPSA) is 120 Å². The first-order valence-electron chi connectivity index (χ1n) is 8.04. The van der Waals surface area contributed by atoms with Crippen molar-refractivity contribution in [1.82, 2.24) is 5.32 Å². The van der Waals surface area contributed by atoms with Crippen LogP contribution in [0.2, 0.25) is 0 Å². The molecule has 0 aromatic heterocycles. The lowest BCUT2D eigenvalue weighted by atomic mass is 10.2. The van der Waals surface area contributed by atoms with Crippen LogP contribution in [0, 0.1) is 0 Å². The molecule has 0 radical (unpaired) electrons. The molecule has 1 amide bonds. The molecular formula is C18H20N2O7S. The molecule has 9 nitrogen and oxygen atoms in total. The summed E-state index contributed by atoms with van der Waals surface area (Å²) in [5.41, 5.74) is -0.0188. The van der Waals surface area contributed by atoms with E-state index < -0.39 is 28.5 Å². The summed E-state index contributed by atoms with van der Waals surface area (Å²) in [5.74, 6) is -0.714. The SMILES string of the molecule is CNC(=O)COC(=O)c1ccccc1NS(=O)(=O)c1ccc(OC)c(OC)c1. The highest BCUT2D eigenvalue weighted by Crippen LogP contribution is 2.30. The largest absolute Gasteiger partial charge is 0.493 e. The van der Waals surface area contributed by atoms with Crippen LogP contribution in [-0.2, 0) is 19.6 Å². The normalized spacial score (nSPS) is 10.7. The van der Waals surface area contributed by atoms with E-state index in [4.69, 9.17) is 14.2 Å². The molecule has 0 heterocycles. The Balaban J connectivity index is 2.30. The minimum absolute atomic E-state index is 0.0131. The number of hydrogen-bond donors (Lipinski definition) is 2. The zero-order chi connectivity index (χ0) is 20.7. The van der Waals surface area contributed by atoms with Crippen molar-refractivity contribution in [2.75, 3.05) is 32.6 Å². The molecule has 0 spiro atoms. The van der Waals surface area contributed by atoms with Crippen LogP contribution in [0.25, 0.3) is 0 Å². The predicted octanol–water partition coefficient (Wildman–Crippen LogP) is 1.41. The van der Waals surface area contributed by atoms with Crippen LogP contribution in [0.15, 0.2) is 47.4 Å². The number of benzene rings is 2. The second kappa shape index (κ2) is 9.09. The standard InChI is InChI=1S/C18H20N2O7S/c1-19-17(21)11-27-18(22)13-6-4-5-7-14(13)20-28(23,24)12-8-9-15(25-2)16(10-12)26-3/h4-10,20H,11H2,1-3H3,(H,19,21). The van der Waals surface area contributed by atoms with E-state index in [9.17, 15) is 18.0 Å². The highest BCUT2D eigenvalue weighted by molar-refractivity contribution is 7.92. The smallest absolute Gasteiger partial charge is 0.340 e. The quantitative estimate of drug-likeness (QED) is 0.634. The Morgan fingerprint density at radius 2 is 1.68 bits per heavy atom. The van der Waals surface area contributed by atoms with Crippen molar-refractivity contribution in [2.45, 2.75) is 4.90 Å². The molecule has 28 heavy (non-hydrogen) atoms.